The number of fused-ring (bicyclic) bond motifs is 1. The van der Waals surface area contributed by atoms with E-state index in [1.807, 2.05) is 0 Å². The number of halogens is 1. The van der Waals surface area contributed by atoms with Gasteiger partial charge >= 0.3 is 0 Å². The molecule has 0 aliphatic carbocycles. The van der Waals surface area contributed by atoms with Crippen molar-refractivity contribution in [2.24, 2.45) is 0 Å². The highest BCUT2D eigenvalue weighted by Crippen LogP contribution is 2.41. The van der Waals surface area contributed by atoms with Gasteiger partial charge in [0.15, 0.2) is 22.5 Å². The van der Waals surface area contributed by atoms with Crippen molar-refractivity contribution in [3.05, 3.63) is 68.0 Å². The Morgan fingerprint density at radius 2 is 1.96 bits per heavy atom. The second-order valence-electron chi connectivity index (χ2n) is 5.84. The largest absolute Gasteiger partial charge is 0.505 e. The Morgan fingerprint density at radius 3 is 2.59 bits per heavy atom. The predicted octanol–water partition coefficient (Wildman–Crippen LogP) is 4.06. The van der Waals surface area contributed by atoms with Crippen LogP contribution in [0.4, 0.5) is 5.69 Å². The van der Waals surface area contributed by atoms with Gasteiger partial charge in [0.25, 0.3) is 0 Å². The number of allylic oxidation sites excluding steroid dienone is 1. The maximum atomic E-state index is 12.4. The molecule has 7 heteroatoms. The van der Waals surface area contributed by atoms with E-state index in [0.29, 0.717) is 11.3 Å². The van der Waals surface area contributed by atoms with Crippen LogP contribution in [-0.2, 0) is 0 Å². The highest BCUT2D eigenvalue weighted by Gasteiger charge is 2.21. The third-order valence-electron chi connectivity index (χ3n) is 4.03. The van der Waals surface area contributed by atoms with E-state index in [4.69, 9.17) is 14.9 Å². The molecule has 3 N–H and O–H groups in total. The van der Waals surface area contributed by atoms with Crippen LogP contribution in [0.15, 0.2) is 50.1 Å². The second kappa shape index (κ2) is 7.28. The molecule has 1 heterocycles. The minimum absolute atomic E-state index is 0.0470. The molecule has 0 aliphatic rings. The predicted molar refractivity (Wildman–Crippen MR) is 107 cm³/mol. The summed E-state index contributed by atoms with van der Waals surface area (Å²) in [6.07, 6.45) is 2.65. The Balaban J connectivity index is 2.16. The molecule has 0 amide bonds. The van der Waals surface area contributed by atoms with Crippen LogP contribution in [0.25, 0.3) is 17.0 Å². The maximum absolute atomic E-state index is 12.4. The summed E-state index contributed by atoms with van der Waals surface area (Å²) in [7, 11) is 1.36. The van der Waals surface area contributed by atoms with Crippen LogP contribution in [0.5, 0.6) is 11.5 Å². The summed E-state index contributed by atoms with van der Waals surface area (Å²) >= 11 is 3.31. The SMILES string of the molecule is COc1c(/C=C/C(=O)c2ccc(Br)cc2)c(O)c(N)c2oc(C)cc(=O)c12. The second-order valence-corrected chi connectivity index (χ2v) is 6.75. The van der Waals surface area contributed by atoms with E-state index in [1.54, 1.807) is 31.2 Å². The van der Waals surface area contributed by atoms with Gasteiger partial charge in [0.2, 0.25) is 0 Å². The molecule has 0 bridgehead atoms. The van der Waals surface area contributed by atoms with Gasteiger partial charge in [-0.15, -0.1) is 0 Å². The van der Waals surface area contributed by atoms with Crippen LogP contribution < -0.4 is 15.9 Å². The summed E-state index contributed by atoms with van der Waals surface area (Å²) in [5, 5.41) is 10.6. The molecule has 6 nitrogen and oxygen atoms in total. The number of methoxy groups -OCH3 is 1. The van der Waals surface area contributed by atoms with Gasteiger partial charge in [-0.05, 0) is 43.3 Å². The zero-order valence-electron chi connectivity index (χ0n) is 14.6. The fourth-order valence-corrected chi connectivity index (χ4v) is 3.01. The number of hydrogen-bond donors (Lipinski definition) is 2. The molecule has 2 aromatic carbocycles. The molecule has 0 saturated heterocycles. The lowest BCUT2D eigenvalue weighted by Gasteiger charge is -2.13. The topological polar surface area (TPSA) is 103 Å². The van der Waals surface area contributed by atoms with E-state index in [9.17, 15) is 14.7 Å². The Hall–Kier alpha value is -3.06. The molecule has 1 aromatic heterocycles. The fraction of sp³-hybridized carbons (Fsp3) is 0.100. The third kappa shape index (κ3) is 3.46. The molecule has 0 saturated carbocycles. The molecule has 0 aliphatic heterocycles. The minimum Gasteiger partial charge on any atom is -0.505 e. The van der Waals surface area contributed by atoms with Crippen LogP contribution in [-0.4, -0.2) is 18.0 Å². The van der Waals surface area contributed by atoms with Crippen molar-refractivity contribution < 1.29 is 19.1 Å². The zero-order valence-corrected chi connectivity index (χ0v) is 16.2. The van der Waals surface area contributed by atoms with Crippen molar-refractivity contribution in [1.29, 1.82) is 0 Å². The normalized spacial score (nSPS) is 11.2. The summed E-state index contributed by atoms with van der Waals surface area (Å²) < 4.78 is 11.7. The van der Waals surface area contributed by atoms with Crippen LogP contribution in [0.3, 0.4) is 0 Å². The first-order chi connectivity index (χ1) is 12.8. The van der Waals surface area contributed by atoms with E-state index < -0.39 is 0 Å². The van der Waals surface area contributed by atoms with Crippen molar-refractivity contribution in [3.63, 3.8) is 0 Å². The van der Waals surface area contributed by atoms with Gasteiger partial charge in [-0.3, -0.25) is 9.59 Å². The van der Waals surface area contributed by atoms with Crippen molar-refractivity contribution in [2.75, 3.05) is 12.8 Å². The maximum Gasteiger partial charge on any atom is 0.196 e. The van der Waals surface area contributed by atoms with Crippen molar-refractivity contribution >= 4 is 44.4 Å². The summed E-state index contributed by atoms with van der Waals surface area (Å²) in [4.78, 5) is 24.8. The molecule has 0 fully saturated rings. The number of hydrogen-bond acceptors (Lipinski definition) is 6. The van der Waals surface area contributed by atoms with Crippen molar-refractivity contribution in [2.45, 2.75) is 6.92 Å². The lowest BCUT2D eigenvalue weighted by atomic mass is 10.0. The first kappa shape index (κ1) is 18.7. The van der Waals surface area contributed by atoms with Crippen LogP contribution in [0.2, 0.25) is 0 Å². The summed E-state index contributed by atoms with van der Waals surface area (Å²) in [6, 6.07) is 8.14. The highest BCUT2D eigenvalue weighted by atomic mass is 79.9. The van der Waals surface area contributed by atoms with Crippen LogP contribution in [0.1, 0.15) is 21.7 Å². The standard InChI is InChI=1S/C20H16BrNO5/c1-10-9-15(24)16-19(26-2)13(18(25)17(22)20(16)27-10)7-8-14(23)11-3-5-12(21)6-4-11/h3-9,25H,22H2,1-2H3/b8-7+. The molecule has 138 valence electrons. The van der Waals surface area contributed by atoms with Crippen LogP contribution >= 0.6 is 15.9 Å². The van der Waals surface area contributed by atoms with Gasteiger partial charge in [0, 0.05) is 16.1 Å². The van der Waals surface area contributed by atoms with E-state index in [1.165, 1.54) is 25.3 Å². The number of benzene rings is 2. The van der Waals surface area contributed by atoms with E-state index in [-0.39, 0.29) is 44.9 Å². The minimum atomic E-state index is -0.355. The number of phenols is 1. The Kier molecular flexibility index (Phi) is 5.05. The number of ketones is 1. The first-order valence-electron chi connectivity index (χ1n) is 7.94. The highest BCUT2D eigenvalue weighted by molar-refractivity contribution is 9.10. The number of anilines is 1. The molecular weight excluding hydrogens is 414 g/mol. The molecule has 0 radical (unpaired) electrons. The van der Waals surface area contributed by atoms with Gasteiger partial charge in [-0.25, -0.2) is 0 Å². The third-order valence-corrected chi connectivity index (χ3v) is 4.56. The lowest BCUT2D eigenvalue weighted by Crippen LogP contribution is -2.06. The number of nitrogen functional groups attached to an aromatic ring is 1. The smallest absolute Gasteiger partial charge is 0.196 e. The number of aryl methyl sites for hydroxylation is 1. The summed E-state index contributed by atoms with van der Waals surface area (Å²) in [6.45, 7) is 1.61. The van der Waals surface area contributed by atoms with Gasteiger partial charge in [0.05, 0.1) is 12.7 Å². The monoisotopic (exact) mass is 429 g/mol. The average molecular weight is 430 g/mol. The number of phenolic OH excluding ortho intramolecular Hbond substituents is 1. The van der Waals surface area contributed by atoms with Gasteiger partial charge in [0.1, 0.15) is 22.6 Å². The van der Waals surface area contributed by atoms with E-state index >= 15 is 0 Å². The van der Waals surface area contributed by atoms with Gasteiger partial charge in [-0.2, -0.15) is 0 Å². The van der Waals surface area contributed by atoms with E-state index in [0.717, 1.165) is 4.47 Å². The van der Waals surface area contributed by atoms with Crippen molar-refractivity contribution in [1.82, 2.24) is 0 Å². The first-order valence-corrected chi connectivity index (χ1v) is 8.73. The number of nitrogens with two attached hydrogens (primary N) is 1. The lowest BCUT2D eigenvalue weighted by molar-refractivity contribution is 0.104. The van der Waals surface area contributed by atoms with Crippen LogP contribution in [0, 0.1) is 6.92 Å². The molecule has 27 heavy (non-hydrogen) atoms. The Labute approximate surface area is 163 Å². The number of carbonyl (C=O) groups excluding carboxylic acids is 1. The van der Waals surface area contributed by atoms with E-state index in [2.05, 4.69) is 15.9 Å². The van der Waals surface area contributed by atoms with Gasteiger partial charge in [-0.1, -0.05) is 15.9 Å². The number of rotatable bonds is 4. The number of carbonyl (C=O) groups is 1. The summed E-state index contributed by atoms with van der Waals surface area (Å²) in [5.74, 6) is -0.161. The molecule has 3 aromatic rings. The Morgan fingerprint density at radius 1 is 1.30 bits per heavy atom. The molecule has 0 atom stereocenters. The fourth-order valence-electron chi connectivity index (χ4n) is 2.75. The molecule has 0 unspecified atom stereocenters. The molecule has 3 rings (SSSR count). The Bertz CT molecular complexity index is 1130. The zero-order chi connectivity index (χ0) is 19.7. The summed E-state index contributed by atoms with van der Waals surface area (Å²) in [5.41, 5.74) is 6.15. The molecule has 0 spiro atoms. The van der Waals surface area contributed by atoms with Crippen molar-refractivity contribution in [3.8, 4) is 11.5 Å². The number of aromatic hydroxyl groups is 1. The average Bonchev–Trinajstić information content (AvgIpc) is 2.64. The molecular formula is C20H16BrNO5. The quantitative estimate of drug-likeness (QED) is 0.280. The van der Waals surface area contributed by atoms with Gasteiger partial charge < -0.3 is 20.0 Å². The number of ether oxygens (including phenoxy) is 1.